The maximum absolute atomic E-state index is 12.1. The number of nitrogens with zero attached hydrogens (tertiary/aromatic N) is 3. The van der Waals surface area contributed by atoms with Crippen molar-refractivity contribution in [3.63, 3.8) is 0 Å². The molecule has 1 aromatic heterocycles. The standard InChI is InChI=1S/C15H23N5O2S/c1-3-9-20-10-16-19-15(20)23-11(2)13(21)18-14(22)17-12-7-5-4-6-8-12/h3,10-12H,1,4-9H2,2H3,(H2,17,18,21,22). The number of rotatable bonds is 6. The van der Waals surface area contributed by atoms with Gasteiger partial charge < -0.3 is 9.88 Å². The van der Waals surface area contributed by atoms with E-state index in [1.165, 1.54) is 18.2 Å². The van der Waals surface area contributed by atoms with Gasteiger partial charge in [-0.1, -0.05) is 37.1 Å². The van der Waals surface area contributed by atoms with Gasteiger partial charge in [0.25, 0.3) is 0 Å². The van der Waals surface area contributed by atoms with E-state index in [0.29, 0.717) is 11.7 Å². The third kappa shape index (κ3) is 5.38. The maximum Gasteiger partial charge on any atom is 0.321 e. The molecule has 0 saturated heterocycles. The number of thioether (sulfide) groups is 1. The van der Waals surface area contributed by atoms with E-state index in [-0.39, 0.29) is 11.9 Å². The van der Waals surface area contributed by atoms with Gasteiger partial charge in [0.15, 0.2) is 5.16 Å². The van der Waals surface area contributed by atoms with E-state index in [1.54, 1.807) is 23.9 Å². The topological polar surface area (TPSA) is 88.9 Å². The van der Waals surface area contributed by atoms with Crippen LogP contribution in [0, 0.1) is 0 Å². The molecule has 0 spiro atoms. The van der Waals surface area contributed by atoms with Crippen molar-refractivity contribution in [3.8, 4) is 0 Å². The van der Waals surface area contributed by atoms with Gasteiger partial charge in [0.05, 0.1) is 5.25 Å². The summed E-state index contributed by atoms with van der Waals surface area (Å²) in [5, 5.41) is 13.3. The molecule has 1 heterocycles. The molecule has 1 fully saturated rings. The number of aromatic nitrogens is 3. The van der Waals surface area contributed by atoms with E-state index in [2.05, 4.69) is 27.4 Å². The third-order valence-electron chi connectivity index (χ3n) is 3.73. The summed E-state index contributed by atoms with van der Waals surface area (Å²) in [6.07, 6.45) is 8.76. The van der Waals surface area contributed by atoms with Gasteiger partial charge in [-0.25, -0.2) is 4.79 Å². The lowest BCUT2D eigenvalue weighted by atomic mass is 9.96. The van der Waals surface area contributed by atoms with Crippen LogP contribution < -0.4 is 10.6 Å². The normalized spacial score (nSPS) is 16.6. The molecule has 1 aromatic rings. The molecule has 23 heavy (non-hydrogen) atoms. The van der Waals surface area contributed by atoms with Gasteiger partial charge >= 0.3 is 6.03 Å². The highest BCUT2D eigenvalue weighted by molar-refractivity contribution is 8.00. The molecular formula is C15H23N5O2S. The van der Waals surface area contributed by atoms with Gasteiger partial charge in [0.1, 0.15) is 6.33 Å². The molecule has 8 heteroatoms. The van der Waals surface area contributed by atoms with Crippen molar-refractivity contribution in [1.29, 1.82) is 0 Å². The predicted octanol–water partition coefficient (Wildman–Crippen LogP) is 2.10. The smallest absolute Gasteiger partial charge is 0.321 e. The highest BCUT2D eigenvalue weighted by atomic mass is 32.2. The number of nitrogens with one attached hydrogen (secondary N) is 2. The fraction of sp³-hybridized carbons (Fsp3) is 0.600. The van der Waals surface area contributed by atoms with E-state index in [1.807, 2.05) is 0 Å². The quantitative estimate of drug-likeness (QED) is 0.613. The number of imide groups is 1. The van der Waals surface area contributed by atoms with Gasteiger partial charge in [0, 0.05) is 12.6 Å². The Balaban J connectivity index is 1.80. The molecule has 126 valence electrons. The number of carbonyl (C=O) groups is 2. The Bertz CT molecular complexity index is 554. The lowest BCUT2D eigenvalue weighted by Crippen LogP contribution is -2.47. The summed E-state index contributed by atoms with van der Waals surface area (Å²) < 4.78 is 1.80. The molecule has 2 N–H and O–H groups in total. The van der Waals surface area contributed by atoms with E-state index in [4.69, 9.17) is 0 Å². The molecular weight excluding hydrogens is 314 g/mol. The summed E-state index contributed by atoms with van der Waals surface area (Å²) in [5.41, 5.74) is 0. The lowest BCUT2D eigenvalue weighted by Gasteiger charge is -2.23. The summed E-state index contributed by atoms with van der Waals surface area (Å²) in [5.74, 6) is -0.337. The first-order valence-corrected chi connectivity index (χ1v) is 8.75. The van der Waals surface area contributed by atoms with Crippen molar-refractivity contribution < 1.29 is 9.59 Å². The first-order valence-electron chi connectivity index (χ1n) is 7.87. The van der Waals surface area contributed by atoms with Crippen LogP contribution in [0.4, 0.5) is 4.79 Å². The van der Waals surface area contributed by atoms with Crippen LogP contribution in [0.25, 0.3) is 0 Å². The summed E-state index contributed by atoms with van der Waals surface area (Å²) >= 11 is 1.26. The molecule has 1 atom stereocenters. The number of hydrogen-bond donors (Lipinski definition) is 2. The first kappa shape index (κ1) is 17.5. The van der Waals surface area contributed by atoms with Crippen molar-refractivity contribution in [3.05, 3.63) is 19.0 Å². The Hall–Kier alpha value is -1.83. The van der Waals surface area contributed by atoms with Crippen LogP contribution in [0.5, 0.6) is 0 Å². The zero-order chi connectivity index (χ0) is 16.7. The van der Waals surface area contributed by atoms with Crippen LogP contribution in [0.2, 0.25) is 0 Å². The largest absolute Gasteiger partial charge is 0.335 e. The first-order chi connectivity index (χ1) is 11.1. The van der Waals surface area contributed by atoms with Gasteiger partial charge in [-0.3, -0.25) is 10.1 Å². The summed E-state index contributed by atoms with van der Waals surface area (Å²) in [6.45, 7) is 5.98. The summed E-state index contributed by atoms with van der Waals surface area (Å²) in [4.78, 5) is 24.0. The zero-order valence-corrected chi connectivity index (χ0v) is 14.1. The van der Waals surface area contributed by atoms with Crippen LogP contribution in [0.3, 0.4) is 0 Å². The van der Waals surface area contributed by atoms with Crippen LogP contribution in [-0.2, 0) is 11.3 Å². The minimum absolute atomic E-state index is 0.176. The number of carbonyl (C=O) groups excluding carboxylic acids is 2. The molecule has 1 aliphatic carbocycles. The van der Waals surface area contributed by atoms with Crippen LogP contribution in [0.15, 0.2) is 24.1 Å². The van der Waals surface area contributed by atoms with Crippen molar-refractivity contribution in [1.82, 2.24) is 25.4 Å². The third-order valence-corrected chi connectivity index (χ3v) is 4.83. The van der Waals surface area contributed by atoms with Gasteiger partial charge in [-0.05, 0) is 19.8 Å². The Kier molecular flexibility index (Phi) is 6.64. The predicted molar refractivity (Wildman–Crippen MR) is 89.1 cm³/mol. The van der Waals surface area contributed by atoms with Crippen LogP contribution in [-0.4, -0.2) is 38.0 Å². The maximum atomic E-state index is 12.1. The molecule has 0 aromatic carbocycles. The molecule has 3 amide bonds. The van der Waals surface area contributed by atoms with Crippen LogP contribution in [0.1, 0.15) is 39.0 Å². The number of amides is 3. The van der Waals surface area contributed by atoms with Crippen molar-refractivity contribution >= 4 is 23.7 Å². The van der Waals surface area contributed by atoms with Crippen molar-refractivity contribution in [2.45, 2.75) is 62.0 Å². The van der Waals surface area contributed by atoms with E-state index in [9.17, 15) is 9.59 Å². The highest BCUT2D eigenvalue weighted by Gasteiger charge is 2.21. The molecule has 1 aliphatic rings. The molecule has 1 saturated carbocycles. The summed E-state index contributed by atoms with van der Waals surface area (Å²) in [7, 11) is 0. The Morgan fingerprint density at radius 1 is 1.48 bits per heavy atom. The average molecular weight is 337 g/mol. The van der Waals surface area contributed by atoms with Crippen molar-refractivity contribution in [2.24, 2.45) is 0 Å². The Morgan fingerprint density at radius 2 is 2.22 bits per heavy atom. The molecule has 1 unspecified atom stereocenters. The molecule has 0 aliphatic heterocycles. The number of allylic oxidation sites excluding steroid dienone is 1. The van der Waals surface area contributed by atoms with Crippen molar-refractivity contribution in [2.75, 3.05) is 0 Å². The Labute approximate surface area is 140 Å². The number of urea groups is 1. The van der Waals surface area contributed by atoms with Crippen LogP contribution >= 0.6 is 11.8 Å². The minimum atomic E-state index is -0.445. The molecule has 0 bridgehead atoms. The van der Waals surface area contributed by atoms with Gasteiger partial charge in [-0.15, -0.1) is 16.8 Å². The van der Waals surface area contributed by atoms with E-state index < -0.39 is 11.3 Å². The van der Waals surface area contributed by atoms with E-state index in [0.717, 1.165) is 25.7 Å². The molecule has 7 nitrogen and oxygen atoms in total. The zero-order valence-electron chi connectivity index (χ0n) is 13.3. The fourth-order valence-corrected chi connectivity index (χ4v) is 3.33. The second-order valence-electron chi connectivity index (χ2n) is 5.61. The molecule has 2 rings (SSSR count). The second-order valence-corrected chi connectivity index (χ2v) is 6.92. The number of hydrogen-bond acceptors (Lipinski definition) is 5. The Morgan fingerprint density at radius 3 is 2.91 bits per heavy atom. The van der Waals surface area contributed by atoms with Gasteiger partial charge in [-0.2, -0.15) is 0 Å². The minimum Gasteiger partial charge on any atom is -0.335 e. The second kappa shape index (κ2) is 8.71. The molecule has 0 radical (unpaired) electrons. The van der Waals surface area contributed by atoms with Gasteiger partial charge in [0.2, 0.25) is 5.91 Å². The van der Waals surface area contributed by atoms with E-state index >= 15 is 0 Å². The SMILES string of the molecule is C=CCn1cnnc1SC(C)C(=O)NC(=O)NC1CCCCC1. The monoisotopic (exact) mass is 337 g/mol. The highest BCUT2D eigenvalue weighted by Crippen LogP contribution is 2.21. The fourth-order valence-electron chi connectivity index (χ4n) is 2.49. The summed E-state index contributed by atoms with van der Waals surface area (Å²) in [6, 6.07) is -0.239. The average Bonchev–Trinajstić information content (AvgIpc) is 2.95. The lowest BCUT2D eigenvalue weighted by molar-refractivity contribution is -0.119.